The summed E-state index contributed by atoms with van der Waals surface area (Å²) in [4.78, 5) is 25.3. The number of rotatable bonds is 3. The molecule has 0 saturated heterocycles. The molecule has 2 aromatic heterocycles. The topological polar surface area (TPSA) is 72.1 Å². The zero-order chi connectivity index (χ0) is 19.9. The van der Waals surface area contributed by atoms with Crippen LogP contribution in [0.3, 0.4) is 0 Å². The minimum atomic E-state index is 0.151. The van der Waals surface area contributed by atoms with Crippen LogP contribution in [0.25, 0.3) is 10.2 Å². The molecule has 1 aliphatic rings. The van der Waals surface area contributed by atoms with Gasteiger partial charge in [0.25, 0.3) is 0 Å². The van der Waals surface area contributed by atoms with Crippen LogP contribution in [0.5, 0.6) is 0 Å². The van der Waals surface area contributed by atoms with Crippen molar-refractivity contribution >= 4 is 33.3 Å². The van der Waals surface area contributed by atoms with Crippen molar-refractivity contribution in [2.45, 2.75) is 52.0 Å². The molecule has 5 nitrogen and oxygen atoms in total. The van der Waals surface area contributed by atoms with Gasteiger partial charge in [-0.3, -0.25) is 4.79 Å². The van der Waals surface area contributed by atoms with Crippen molar-refractivity contribution in [1.82, 2.24) is 14.9 Å². The van der Waals surface area contributed by atoms with E-state index < -0.39 is 0 Å². The molecule has 28 heavy (non-hydrogen) atoms. The number of thiophene rings is 1. The van der Waals surface area contributed by atoms with Gasteiger partial charge in [-0.1, -0.05) is 45.0 Å². The van der Waals surface area contributed by atoms with E-state index in [1.54, 1.807) is 11.3 Å². The average molecular weight is 395 g/mol. The molecule has 0 saturated carbocycles. The van der Waals surface area contributed by atoms with Crippen molar-refractivity contribution in [3.63, 3.8) is 0 Å². The second kappa shape index (κ2) is 7.17. The number of amides is 1. The Kier molecular flexibility index (Phi) is 4.83. The van der Waals surface area contributed by atoms with E-state index in [4.69, 9.17) is 5.73 Å². The Bertz CT molecular complexity index is 1020. The molecule has 1 aromatic carbocycles. The van der Waals surface area contributed by atoms with E-state index in [2.05, 4.69) is 55.0 Å². The lowest BCUT2D eigenvalue weighted by Crippen LogP contribution is -2.35. The largest absolute Gasteiger partial charge is 0.383 e. The molecular weight excluding hydrogens is 368 g/mol. The maximum Gasteiger partial charge on any atom is 0.223 e. The summed E-state index contributed by atoms with van der Waals surface area (Å²) in [6.07, 6.45) is 3.64. The van der Waals surface area contributed by atoms with Gasteiger partial charge in [-0.2, -0.15) is 0 Å². The molecule has 2 N–H and O–H groups in total. The van der Waals surface area contributed by atoms with E-state index in [0.717, 1.165) is 29.6 Å². The number of nitrogen functional groups attached to an aromatic ring is 1. The second-order valence-electron chi connectivity index (χ2n) is 8.46. The Balaban J connectivity index is 1.41. The summed E-state index contributed by atoms with van der Waals surface area (Å²) in [6, 6.07) is 8.65. The molecule has 3 heterocycles. The van der Waals surface area contributed by atoms with Gasteiger partial charge in [0.05, 0.1) is 11.9 Å². The summed E-state index contributed by atoms with van der Waals surface area (Å²) in [5, 5.41) is 0.980. The Morgan fingerprint density at radius 1 is 1.21 bits per heavy atom. The molecule has 3 aromatic rings. The van der Waals surface area contributed by atoms with E-state index in [1.807, 2.05) is 4.90 Å². The molecule has 0 bridgehead atoms. The number of benzene rings is 1. The first-order valence-corrected chi connectivity index (χ1v) is 10.5. The predicted octanol–water partition coefficient (Wildman–Crippen LogP) is 4.09. The van der Waals surface area contributed by atoms with Crippen molar-refractivity contribution in [2.75, 3.05) is 12.3 Å². The van der Waals surface area contributed by atoms with E-state index in [9.17, 15) is 4.79 Å². The SMILES string of the molecule is CC(C)(C)c1ccc(CCC(=O)N2CCc3c(sc4ncnc(N)c34)C2)cc1. The second-order valence-corrected chi connectivity index (χ2v) is 9.54. The summed E-state index contributed by atoms with van der Waals surface area (Å²) < 4.78 is 0. The molecule has 146 valence electrons. The highest BCUT2D eigenvalue weighted by Crippen LogP contribution is 2.36. The van der Waals surface area contributed by atoms with Gasteiger partial charge in [0.15, 0.2) is 0 Å². The number of carbonyl (C=O) groups excluding carboxylic acids is 1. The van der Waals surface area contributed by atoms with Crippen LogP contribution in [0.2, 0.25) is 0 Å². The predicted molar refractivity (Wildman–Crippen MR) is 114 cm³/mol. The average Bonchev–Trinajstić information content (AvgIpc) is 3.04. The Hall–Kier alpha value is -2.47. The van der Waals surface area contributed by atoms with Crippen molar-refractivity contribution in [1.29, 1.82) is 0 Å². The molecule has 0 aliphatic carbocycles. The zero-order valence-corrected chi connectivity index (χ0v) is 17.5. The van der Waals surface area contributed by atoms with Gasteiger partial charge in [0, 0.05) is 17.8 Å². The molecule has 0 fully saturated rings. The minimum Gasteiger partial charge on any atom is -0.383 e. The number of hydrogen-bond donors (Lipinski definition) is 1. The third kappa shape index (κ3) is 3.61. The molecular formula is C22H26N4OS. The number of carbonyl (C=O) groups is 1. The van der Waals surface area contributed by atoms with E-state index in [0.29, 0.717) is 18.8 Å². The van der Waals surface area contributed by atoms with Crippen LogP contribution >= 0.6 is 11.3 Å². The number of fused-ring (bicyclic) bond motifs is 3. The van der Waals surface area contributed by atoms with Crippen LogP contribution < -0.4 is 5.73 Å². The lowest BCUT2D eigenvalue weighted by Gasteiger charge is -2.27. The van der Waals surface area contributed by atoms with Crippen molar-refractivity contribution in [3.05, 3.63) is 52.2 Å². The van der Waals surface area contributed by atoms with Crippen molar-refractivity contribution in [3.8, 4) is 0 Å². The number of aryl methyl sites for hydroxylation is 1. The van der Waals surface area contributed by atoms with Crippen LogP contribution in [0, 0.1) is 0 Å². The number of aromatic nitrogens is 2. The standard InChI is InChI=1S/C22H26N4OS/c1-22(2,3)15-7-4-14(5-8-15)6-9-18(27)26-11-10-16-17(12-26)28-21-19(16)20(23)24-13-25-21/h4-5,7-8,13H,6,9-12H2,1-3H3,(H2,23,24,25). The van der Waals surface area contributed by atoms with Gasteiger partial charge in [-0.25, -0.2) is 9.97 Å². The molecule has 0 atom stereocenters. The zero-order valence-electron chi connectivity index (χ0n) is 16.7. The Morgan fingerprint density at radius 3 is 2.68 bits per heavy atom. The lowest BCUT2D eigenvalue weighted by molar-refractivity contribution is -0.132. The molecule has 0 spiro atoms. The molecule has 1 amide bonds. The molecule has 6 heteroatoms. The first-order chi connectivity index (χ1) is 13.3. The molecule has 0 unspecified atom stereocenters. The maximum absolute atomic E-state index is 12.8. The number of anilines is 1. The summed E-state index contributed by atoms with van der Waals surface area (Å²) in [6.45, 7) is 8.02. The smallest absolute Gasteiger partial charge is 0.223 e. The third-order valence-electron chi connectivity index (χ3n) is 5.47. The molecule has 1 aliphatic heterocycles. The van der Waals surface area contributed by atoms with Crippen LogP contribution in [0.15, 0.2) is 30.6 Å². The third-order valence-corrected chi connectivity index (χ3v) is 6.59. The summed E-state index contributed by atoms with van der Waals surface area (Å²) >= 11 is 1.63. The maximum atomic E-state index is 12.8. The van der Waals surface area contributed by atoms with Gasteiger partial charge in [-0.15, -0.1) is 11.3 Å². The van der Waals surface area contributed by atoms with Gasteiger partial charge in [0.1, 0.15) is 17.0 Å². The minimum absolute atomic E-state index is 0.151. The van der Waals surface area contributed by atoms with E-state index in [-0.39, 0.29) is 11.3 Å². The highest BCUT2D eigenvalue weighted by atomic mass is 32.1. The van der Waals surface area contributed by atoms with Crippen LogP contribution in [-0.4, -0.2) is 27.3 Å². The fraction of sp³-hybridized carbons (Fsp3) is 0.409. The van der Waals surface area contributed by atoms with Crippen LogP contribution in [0.1, 0.15) is 48.8 Å². The van der Waals surface area contributed by atoms with Gasteiger partial charge >= 0.3 is 0 Å². The summed E-state index contributed by atoms with van der Waals surface area (Å²) in [5.41, 5.74) is 9.95. The van der Waals surface area contributed by atoms with E-state index in [1.165, 1.54) is 27.9 Å². The quantitative estimate of drug-likeness (QED) is 0.726. The normalized spacial score (nSPS) is 14.3. The Morgan fingerprint density at radius 2 is 1.96 bits per heavy atom. The number of nitrogens with two attached hydrogens (primary N) is 1. The summed E-state index contributed by atoms with van der Waals surface area (Å²) in [5.74, 6) is 0.753. The molecule has 0 radical (unpaired) electrons. The lowest BCUT2D eigenvalue weighted by atomic mass is 9.86. The van der Waals surface area contributed by atoms with Crippen molar-refractivity contribution in [2.24, 2.45) is 0 Å². The summed E-state index contributed by atoms with van der Waals surface area (Å²) in [7, 11) is 0. The first kappa shape index (κ1) is 18.9. The monoisotopic (exact) mass is 394 g/mol. The highest BCUT2D eigenvalue weighted by molar-refractivity contribution is 7.19. The van der Waals surface area contributed by atoms with Gasteiger partial charge in [-0.05, 0) is 34.9 Å². The number of nitrogens with zero attached hydrogens (tertiary/aromatic N) is 3. The first-order valence-electron chi connectivity index (χ1n) is 9.71. The van der Waals surface area contributed by atoms with Crippen molar-refractivity contribution < 1.29 is 4.79 Å². The van der Waals surface area contributed by atoms with Gasteiger partial charge < -0.3 is 10.6 Å². The highest BCUT2D eigenvalue weighted by Gasteiger charge is 2.25. The van der Waals surface area contributed by atoms with E-state index >= 15 is 0 Å². The fourth-order valence-corrected chi connectivity index (χ4v) is 4.96. The van der Waals surface area contributed by atoms with Gasteiger partial charge in [0.2, 0.25) is 5.91 Å². The Labute approximate surface area is 169 Å². The van der Waals surface area contributed by atoms with Crippen LogP contribution in [-0.2, 0) is 29.6 Å². The fourth-order valence-electron chi connectivity index (χ4n) is 3.75. The number of hydrogen-bond acceptors (Lipinski definition) is 5. The molecule has 4 rings (SSSR count). The van der Waals surface area contributed by atoms with Crippen LogP contribution in [0.4, 0.5) is 5.82 Å².